The maximum absolute atomic E-state index is 13.5. The molecule has 31 heavy (non-hydrogen) atoms. The van der Waals surface area contributed by atoms with Crippen LogP contribution in [-0.4, -0.2) is 67.5 Å². The molecule has 0 aromatic heterocycles. The van der Waals surface area contributed by atoms with Crippen molar-refractivity contribution in [3.05, 3.63) is 35.4 Å². The van der Waals surface area contributed by atoms with E-state index in [4.69, 9.17) is 0 Å². The number of nitrogens with zero attached hydrogens (tertiary/aromatic N) is 3. The first-order chi connectivity index (χ1) is 15.0. The van der Waals surface area contributed by atoms with Crippen molar-refractivity contribution >= 4 is 11.9 Å². The van der Waals surface area contributed by atoms with E-state index in [9.17, 15) is 13.6 Å². The number of carbonyl (C=O) groups excluding carboxylic acids is 1. The van der Waals surface area contributed by atoms with Crippen LogP contribution in [0.1, 0.15) is 51.1 Å². The van der Waals surface area contributed by atoms with Crippen molar-refractivity contribution in [3.63, 3.8) is 0 Å². The Balaban J connectivity index is 1.45. The maximum Gasteiger partial charge on any atom is 0.225 e. The molecule has 1 aromatic rings. The van der Waals surface area contributed by atoms with E-state index in [1.54, 1.807) is 6.07 Å². The van der Waals surface area contributed by atoms with Crippen molar-refractivity contribution in [1.82, 2.24) is 20.4 Å². The molecule has 1 unspecified atom stereocenters. The third-order valence-corrected chi connectivity index (χ3v) is 6.22. The van der Waals surface area contributed by atoms with Crippen molar-refractivity contribution in [2.45, 2.75) is 45.6 Å². The Hall–Kier alpha value is -2.22. The Labute approximate surface area is 184 Å². The summed E-state index contributed by atoms with van der Waals surface area (Å²) >= 11 is 0. The van der Waals surface area contributed by atoms with E-state index in [0.29, 0.717) is 30.5 Å². The van der Waals surface area contributed by atoms with Gasteiger partial charge in [-0.05, 0) is 44.4 Å². The number of piperazine rings is 1. The van der Waals surface area contributed by atoms with Gasteiger partial charge in [0.05, 0.1) is 12.6 Å². The molecule has 3 rings (SSSR count). The molecule has 1 aliphatic heterocycles. The van der Waals surface area contributed by atoms with Gasteiger partial charge in [-0.3, -0.25) is 14.7 Å². The van der Waals surface area contributed by atoms with Crippen LogP contribution >= 0.6 is 0 Å². The maximum atomic E-state index is 13.5. The van der Waals surface area contributed by atoms with Crippen LogP contribution in [0.4, 0.5) is 8.78 Å². The SMILES string of the molecule is CCNC(=NCCN1CCN(C(=O)C2CCCC2)CC1)NC(C)c1ccc(F)c(F)c1. The number of amides is 1. The zero-order chi connectivity index (χ0) is 22.2. The Kier molecular flexibility index (Phi) is 8.63. The van der Waals surface area contributed by atoms with Crippen LogP contribution in [-0.2, 0) is 4.79 Å². The third kappa shape index (κ3) is 6.63. The van der Waals surface area contributed by atoms with E-state index in [1.807, 2.05) is 18.7 Å². The van der Waals surface area contributed by atoms with E-state index in [2.05, 4.69) is 20.5 Å². The van der Waals surface area contributed by atoms with Crippen molar-refractivity contribution < 1.29 is 13.6 Å². The van der Waals surface area contributed by atoms with Crippen molar-refractivity contribution in [3.8, 4) is 0 Å². The lowest BCUT2D eigenvalue weighted by atomic mass is 10.1. The molecule has 8 heteroatoms. The summed E-state index contributed by atoms with van der Waals surface area (Å²) < 4.78 is 26.7. The Morgan fingerprint density at radius 1 is 1.16 bits per heavy atom. The molecule has 172 valence electrons. The largest absolute Gasteiger partial charge is 0.357 e. The lowest BCUT2D eigenvalue weighted by Crippen LogP contribution is -2.50. The van der Waals surface area contributed by atoms with Gasteiger partial charge < -0.3 is 15.5 Å². The number of carbonyl (C=O) groups is 1. The lowest BCUT2D eigenvalue weighted by molar-refractivity contribution is -0.137. The lowest BCUT2D eigenvalue weighted by Gasteiger charge is -2.35. The average Bonchev–Trinajstić information content (AvgIpc) is 3.30. The second kappa shape index (κ2) is 11.4. The summed E-state index contributed by atoms with van der Waals surface area (Å²) in [5, 5.41) is 6.45. The van der Waals surface area contributed by atoms with E-state index < -0.39 is 11.6 Å². The average molecular weight is 436 g/mol. The van der Waals surface area contributed by atoms with Crippen LogP contribution in [0.3, 0.4) is 0 Å². The highest BCUT2D eigenvalue weighted by atomic mass is 19.2. The molecule has 2 fully saturated rings. The predicted octanol–water partition coefficient (Wildman–Crippen LogP) is 2.92. The van der Waals surface area contributed by atoms with E-state index in [-0.39, 0.29) is 12.0 Å². The van der Waals surface area contributed by atoms with Gasteiger partial charge in [0.25, 0.3) is 0 Å². The fourth-order valence-corrected chi connectivity index (χ4v) is 4.32. The molecule has 1 aromatic carbocycles. The van der Waals surface area contributed by atoms with E-state index in [1.165, 1.54) is 18.9 Å². The number of nitrogens with one attached hydrogen (secondary N) is 2. The van der Waals surface area contributed by atoms with Crippen LogP contribution in [0, 0.1) is 17.6 Å². The van der Waals surface area contributed by atoms with Gasteiger partial charge in [0.15, 0.2) is 17.6 Å². The summed E-state index contributed by atoms with van der Waals surface area (Å²) in [6.45, 7) is 9.37. The highest BCUT2D eigenvalue weighted by Crippen LogP contribution is 2.26. The summed E-state index contributed by atoms with van der Waals surface area (Å²) in [5.41, 5.74) is 0.660. The number of benzene rings is 1. The van der Waals surface area contributed by atoms with Gasteiger partial charge >= 0.3 is 0 Å². The molecular weight excluding hydrogens is 400 g/mol. The van der Waals surface area contributed by atoms with Crippen LogP contribution < -0.4 is 10.6 Å². The smallest absolute Gasteiger partial charge is 0.225 e. The number of halogens is 2. The predicted molar refractivity (Wildman–Crippen MR) is 119 cm³/mol. The molecule has 0 spiro atoms. The zero-order valence-electron chi connectivity index (χ0n) is 18.7. The second-order valence-electron chi connectivity index (χ2n) is 8.45. The molecule has 1 amide bonds. The second-order valence-corrected chi connectivity index (χ2v) is 8.45. The summed E-state index contributed by atoms with van der Waals surface area (Å²) in [4.78, 5) is 21.6. The Morgan fingerprint density at radius 2 is 1.87 bits per heavy atom. The third-order valence-electron chi connectivity index (χ3n) is 6.22. The normalized spacial score (nSPS) is 19.5. The van der Waals surface area contributed by atoms with Crippen LogP contribution in [0.15, 0.2) is 23.2 Å². The van der Waals surface area contributed by atoms with Crippen molar-refractivity contribution in [2.24, 2.45) is 10.9 Å². The molecule has 1 saturated heterocycles. The van der Waals surface area contributed by atoms with Crippen LogP contribution in [0.5, 0.6) is 0 Å². The van der Waals surface area contributed by atoms with Crippen LogP contribution in [0.2, 0.25) is 0 Å². The molecule has 1 aliphatic carbocycles. The fourth-order valence-electron chi connectivity index (χ4n) is 4.32. The zero-order valence-corrected chi connectivity index (χ0v) is 18.7. The minimum Gasteiger partial charge on any atom is -0.357 e. The van der Waals surface area contributed by atoms with Crippen molar-refractivity contribution in [1.29, 1.82) is 0 Å². The summed E-state index contributed by atoms with van der Waals surface area (Å²) in [5.74, 6) is -0.448. The number of guanidine groups is 1. The first kappa shape index (κ1) is 23.4. The molecule has 1 atom stereocenters. The molecule has 1 heterocycles. The molecular formula is C23H35F2N5O. The summed E-state index contributed by atoms with van der Waals surface area (Å²) in [7, 11) is 0. The Bertz CT molecular complexity index is 758. The topological polar surface area (TPSA) is 60.0 Å². The van der Waals surface area contributed by atoms with Gasteiger partial charge in [0.1, 0.15) is 0 Å². The molecule has 2 N–H and O–H groups in total. The molecule has 6 nitrogen and oxygen atoms in total. The van der Waals surface area contributed by atoms with Crippen LogP contribution in [0.25, 0.3) is 0 Å². The molecule has 0 bridgehead atoms. The molecule has 0 radical (unpaired) electrons. The number of hydrogen-bond donors (Lipinski definition) is 2. The van der Waals surface area contributed by atoms with Gasteiger partial charge in [-0.1, -0.05) is 18.9 Å². The van der Waals surface area contributed by atoms with Gasteiger partial charge in [0.2, 0.25) is 5.91 Å². The van der Waals surface area contributed by atoms with Gasteiger partial charge in [-0.15, -0.1) is 0 Å². The standard InChI is InChI=1S/C23H35F2N5O/c1-3-26-23(28-17(2)19-8-9-20(24)21(25)16-19)27-10-11-29-12-14-30(15-13-29)22(31)18-6-4-5-7-18/h8-9,16-18H,3-7,10-15H2,1-2H3,(H2,26,27,28). The van der Waals surface area contributed by atoms with Crippen molar-refractivity contribution in [2.75, 3.05) is 45.8 Å². The fraction of sp³-hybridized carbons (Fsp3) is 0.652. The highest BCUT2D eigenvalue weighted by molar-refractivity contribution is 5.80. The minimum absolute atomic E-state index is 0.210. The van der Waals surface area contributed by atoms with Gasteiger partial charge in [-0.25, -0.2) is 8.78 Å². The quantitative estimate of drug-likeness (QED) is 0.511. The first-order valence-corrected chi connectivity index (χ1v) is 11.5. The molecule has 1 saturated carbocycles. The molecule has 2 aliphatic rings. The number of rotatable bonds is 7. The summed E-state index contributed by atoms with van der Waals surface area (Å²) in [6, 6.07) is 3.72. The van der Waals surface area contributed by atoms with Gasteiger partial charge in [0, 0.05) is 45.2 Å². The summed E-state index contributed by atoms with van der Waals surface area (Å²) in [6.07, 6.45) is 4.48. The monoisotopic (exact) mass is 435 g/mol. The minimum atomic E-state index is -0.848. The van der Waals surface area contributed by atoms with E-state index >= 15 is 0 Å². The Morgan fingerprint density at radius 3 is 2.52 bits per heavy atom. The highest BCUT2D eigenvalue weighted by Gasteiger charge is 2.29. The van der Waals surface area contributed by atoms with Gasteiger partial charge in [-0.2, -0.15) is 0 Å². The first-order valence-electron chi connectivity index (χ1n) is 11.5. The number of aliphatic imine (C=N–C) groups is 1. The van der Waals surface area contributed by atoms with E-state index in [0.717, 1.165) is 51.6 Å². The number of hydrogen-bond acceptors (Lipinski definition) is 3.